The van der Waals surface area contributed by atoms with Crippen LogP contribution in [0.5, 0.6) is 5.75 Å². The number of nitrogens with zero attached hydrogens (tertiary/aromatic N) is 2. The maximum absolute atomic E-state index is 12.4. The van der Waals surface area contributed by atoms with E-state index in [1.165, 1.54) is 0 Å². The maximum atomic E-state index is 12.4. The van der Waals surface area contributed by atoms with Gasteiger partial charge in [-0.15, -0.1) is 12.4 Å². The highest BCUT2D eigenvalue weighted by atomic mass is 35.5. The van der Waals surface area contributed by atoms with Crippen molar-refractivity contribution in [1.82, 2.24) is 20.8 Å². The third kappa shape index (κ3) is 4.51. The number of hydrogen-bond donors (Lipinski definition) is 2. The van der Waals surface area contributed by atoms with Crippen LogP contribution in [0.4, 0.5) is 0 Å². The van der Waals surface area contributed by atoms with Crippen molar-refractivity contribution in [3.63, 3.8) is 0 Å². The van der Waals surface area contributed by atoms with E-state index in [4.69, 9.17) is 14.0 Å². The highest BCUT2D eigenvalue weighted by Gasteiger charge is 2.30. The SMILES string of the molecule is COc1cccc(-c2noc(C(C)NC(=O)[C@H]3NCCO[C@@H]3C)n2)c1.Cl. The minimum atomic E-state index is -0.407. The number of methoxy groups -OCH3 is 1. The molecule has 8 nitrogen and oxygen atoms in total. The van der Waals surface area contributed by atoms with Crippen molar-refractivity contribution < 1.29 is 18.8 Å². The van der Waals surface area contributed by atoms with Crippen LogP contribution in [0, 0.1) is 0 Å². The van der Waals surface area contributed by atoms with Gasteiger partial charge in [-0.3, -0.25) is 4.79 Å². The number of amides is 1. The summed E-state index contributed by atoms with van der Waals surface area (Å²) >= 11 is 0. The Bertz CT molecular complexity index is 739. The van der Waals surface area contributed by atoms with E-state index in [2.05, 4.69) is 20.8 Å². The Balaban J connectivity index is 0.00000243. The van der Waals surface area contributed by atoms with Gasteiger partial charge in [-0.25, -0.2) is 0 Å². The number of benzene rings is 1. The summed E-state index contributed by atoms with van der Waals surface area (Å²) in [4.78, 5) is 16.8. The molecule has 1 amide bonds. The first-order valence-corrected chi connectivity index (χ1v) is 8.22. The molecule has 0 aliphatic carbocycles. The molecule has 1 aliphatic rings. The summed E-state index contributed by atoms with van der Waals surface area (Å²) in [5.74, 6) is 1.35. The largest absolute Gasteiger partial charge is 0.497 e. The molecule has 2 aromatic rings. The molecule has 0 bridgehead atoms. The van der Waals surface area contributed by atoms with Crippen molar-refractivity contribution >= 4 is 18.3 Å². The molecule has 2 N–H and O–H groups in total. The molecule has 2 heterocycles. The highest BCUT2D eigenvalue weighted by Crippen LogP contribution is 2.22. The van der Waals surface area contributed by atoms with Gasteiger partial charge in [-0.2, -0.15) is 4.98 Å². The Hall–Kier alpha value is -2.16. The van der Waals surface area contributed by atoms with Gasteiger partial charge in [0.25, 0.3) is 0 Å². The summed E-state index contributed by atoms with van der Waals surface area (Å²) in [6.07, 6.45) is -0.184. The van der Waals surface area contributed by atoms with Gasteiger partial charge in [0.05, 0.1) is 19.8 Å². The van der Waals surface area contributed by atoms with Crippen LogP contribution in [0.25, 0.3) is 11.4 Å². The van der Waals surface area contributed by atoms with Crippen molar-refractivity contribution in [2.45, 2.75) is 32.0 Å². The Morgan fingerprint density at radius 1 is 1.46 bits per heavy atom. The first-order valence-electron chi connectivity index (χ1n) is 8.22. The van der Waals surface area contributed by atoms with E-state index in [1.807, 2.05) is 31.2 Å². The quantitative estimate of drug-likeness (QED) is 0.812. The second-order valence-electron chi connectivity index (χ2n) is 5.93. The molecule has 26 heavy (non-hydrogen) atoms. The average Bonchev–Trinajstić information content (AvgIpc) is 3.12. The van der Waals surface area contributed by atoms with Gasteiger partial charge >= 0.3 is 0 Å². The number of carbonyl (C=O) groups excluding carboxylic acids is 1. The van der Waals surface area contributed by atoms with Gasteiger partial charge in [0.1, 0.15) is 17.8 Å². The highest BCUT2D eigenvalue weighted by molar-refractivity contribution is 5.85. The Kier molecular flexibility index (Phi) is 6.96. The first-order chi connectivity index (χ1) is 12.1. The van der Waals surface area contributed by atoms with Crippen molar-refractivity contribution in [2.75, 3.05) is 20.3 Å². The van der Waals surface area contributed by atoms with E-state index in [-0.39, 0.29) is 24.4 Å². The van der Waals surface area contributed by atoms with E-state index in [0.29, 0.717) is 30.6 Å². The molecule has 1 fully saturated rings. The number of ether oxygens (including phenoxy) is 2. The fourth-order valence-corrected chi connectivity index (χ4v) is 2.68. The third-order valence-electron chi connectivity index (χ3n) is 4.10. The molecule has 0 spiro atoms. The molecular weight excluding hydrogens is 360 g/mol. The summed E-state index contributed by atoms with van der Waals surface area (Å²) < 4.78 is 16.0. The van der Waals surface area contributed by atoms with Crippen LogP contribution in [0.15, 0.2) is 28.8 Å². The van der Waals surface area contributed by atoms with Crippen LogP contribution in [0.1, 0.15) is 25.8 Å². The van der Waals surface area contributed by atoms with Gasteiger partial charge < -0.3 is 24.6 Å². The number of aromatic nitrogens is 2. The smallest absolute Gasteiger partial charge is 0.249 e. The lowest BCUT2D eigenvalue weighted by Crippen LogP contribution is -2.55. The summed E-state index contributed by atoms with van der Waals surface area (Å²) in [6, 6.07) is 6.58. The normalized spacial score (nSPS) is 20.7. The zero-order chi connectivity index (χ0) is 17.8. The molecular formula is C17H23ClN4O4. The minimum absolute atomic E-state index is 0. The van der Waals surface area contributed by atoms with Crippen LogP contribution in [-0.2, 0) is 9.53 Å². The van der Waals surface area contributed by atoms with Crippen molar-refractivity contribution in [1.29, 1.82) is 0 Å². The lowest BCUT2D eigenvalue weighted by Gasteiger charge is -2.29. The number of halogens is 1. The van der Waals surface area contributed by atoms with E-state index < -0.39 is 12.1 Å². The molecule has 142 valence electrons. The first kappa shape index (κ1) is 20.2. The second kappa shape index (κ2) is 8.98. The summed E-state index contributed by atoms with van der Waals surface area (Å²) in [5, 5.41) is 10.0. The number of hydrogen-bond acceptors (Lipinski definition) is 7. The molecule has 0 radical (unpaired) electrons. The van der Waals surface area contributed by atoms with Crippen LogP contribution >= 0.6 is 12.4 Å². The number of rotatable bonds is 5. The lowest BCUT2D eigenvalue weighted by molar-refractivity contribution is -0.129. The van der Waals surface area contributed by atoms with E-state index in [9.17, 15) is 4.79 Å². The zero-order valence-corrected chi connectivity index (χ0v) is 15.7. The summed E-state index contributed by atoms with van der Waals surface area (Å²) in [5.41, 5.74) is 0.781. The molecule has 1 aromatic carbocycles. The Morgan fingerprint density at radius 3 is 3.00 bits per heavy atom. The third-order valence-corrected chi connectivity index (χ3v) is 4.10. The van der Waals surface area contributed by atoms with Crippen LogP contribution in [0.2, 0.25) is 0 Å². The molecule has 1 aromatic heterocycles. The molecule has 9 heteroatoms. The van der Waals surface area contributed by atoms with Crippen molar-refractivity contribution in [3.8, 4) is 17.1 Å². The standard InChI is InChI=1S/C17H22N4O4.ClH/c1-10(19-16(22)14-11(2)24-8-7-18-14)17-20-15(21-25-17)12-5-4-6-13(9-12)23-3;/h4-6,9-11,14,18H,7-8H2,1-3H3,(H,19,22);1H/t10?,11-,14+;/m1./s1. The fourth-order valence-electron chi connectivity index (χ4n) is 2.68. The maximum Gasteiger partial charge on any atom is 0.249 e. The molecule has 1 unspecified atom stereocenters. The van der Waals surface area contributed by atoms with Gasteiger partial charge in [0, 0.05) is 12.1 Å². The number of carbonyl (C=O) groups is 1. The average molecular weight is 383 g/mol. The van der Waals surface area contributed by atoms with Crippen molar-refractivity contribution in [3.05, 3.63) is 30.2 Å². The van der Waals surface area contributed by atoms with E-state index in [1.54, 1.807) is 14.0 Å². The fraction of sp³-hybridized carbons (Fsp3) is 0.471. The summed E-state index contributed by atoms with van der Waals surface area (Å²) in [7, 11) is 1.60. The predicted octanol–water partition coefficient (Wildman–Crippen LogP) is 1.72. The van der Waals surface area contributed by atoms with Gasteiger partial charge in [-0.1, -0.05) is 17.3 Å². The monoisotopic (exact) mass is 382 g/mol. The molecule has 1 aliphatic heterocycles. The van der Waals surface area contributed by atoms with Gasteiger partial charge in [0.15, 0.2) is 0 Å². The predicted molar refractivity (Wildman–Crippen MR) is 97.3 cm³/mol. The van der Waals surface area contributed by atoms with Crippen LogP contribution in [-0.4, -0.2) is 48.5 Å². The number of nitrogens with one attached hydrogen (secondary N) is 2. The molecule has 0 saturated carbocycles. The summed E-state index contributed by atoms with van der Waals surface area (Å²) in [6.45, 7) is 4.93. The lowest BCUT2D eigenvalue weighted by atomic mass is 10.1. The minimum Gasteiger partial charge on any atom is -0.497 e. The zero-order valence-electron chi connectivity index (χ0n) is 14.9. The topological polar surface area (TPSA) is 98.5 Å². The van der Waals surface area contributed by atoms with Gasteiger partial charge in [-0.05, 0) is 26.0 Å². The second-order valence-corrected chi connectivity index (χ2v) is 5.93. The Labute approximate surface area is 158 Å². The van der Waals surface area contributed by atoms with Gasteiger partial charge in [0.2, 0.25) is 17.6 Å². The Morgan fingerprint density at radius 2 is 2.27 bits per heavy atom. The van der Waals surface area contributed by atoms with Crippen LogP contribution in [0.3, 0.4) is 0 Å². The van der Waals surface area contributed by atoms with E-state index >= 15 is 0 Å². The van der Waals surface area contributed by atoms with Crippen molar-refractivity contribution in [2.24, 2.45) is 0 Å². The molecule has 1 saturated heterocycles. The molecule has 3 atom stereocenters. The van der Waals surface area contributed by atoms with Crippen LogP contribution < -0.4 is 15.4 Å². The molecule has 3 rings (SSSR count). The number of morpholine rings is 1. The van der Waals surface area contributed by atoms with E-state index in [0.717, 1.165) is 5.56 Å².